The number of hydrogen-bond acceptors (Lipinski definition) is 4. The van der Waals surface area contributed by atoms with Gasteiger partial charge in [0.2, 0.25) is 0 Å². The van der Waals surface area contributed by atoms with E-state index in [1.807, 2.05) is 21.6 Å². The fourth-order valence-electron chi connectivity index (χ4n) is 7.05. The summed E-state index contributed by atoms with van der Waals surface area (Å²) in [6.45, 7) is 9.54. The molecule has 0 aromatic carbocycles. The molecule has 4 saturated carbocycles. The molecule has 2 N–H and O–H groups in total. The molecule has 4 heteroatoms. The van der Waals surface area contributed by atoms with Gasteiger partial charge in [0.05, 0.1) is 12.2 Å². The van der Waals surface area contributed by atoms with E-state index >= 15 is 0 Å². The minimum absolute atomic E-state index is 0.109. The van der Waals surface area contributed by atoms with Crippen LogP contribution >= 0.6 is 21.6 Å². The molecule has 4 bridgehead atoms. The first kappa shape index (κ1) is 18.0. The second kappa shape index (κ2) is 5.56. The van der Waals surface area contributed by atoms with Crippen LogP contribution in [0, 0.1) is 33.5 Å². The summed E-state index contributed by atoms with van der Waals surface area (Å²) in [6.07, 6.45) is 6.79. The lowest BCUT2D eigenvalue weighted by Crippen LogP contribution is -2.41. The maximum Gasteiger partial charge on any atom is 0.0612 e. The van der Waals surface area contributed by atoms with E-state index in [0.29, 0.717) is 11.8 Å². The Kier molecular flexibility index (Phi) is 4.17. The molecule has 4 fully saturated rings. The van der Waals surface area contributed by atoms with Gasteiger partial charge in [-0.05, 0) is 61.2 Å². The number of hydrogen-bond donors (Lipinski definition) is 2. The topological polar surface area (TPSA) is 40.5 Å². The fourth-order valence-corrected chi connectivity index (χ4v) is 10.8. The molecule has 0 aromatic rings. The van der Waals surface area contributed by atoms with E-state index in [1.54, 1.807) is 0 Å². The van der Waals surface area contributed by atoms with Crippen LogP contribution in [0.5, 0.6) is 0 Å². The first-order chi connectivity index (χ1) is 11.2. The summed E-state index contributed by atoms with van der Waals surface area (Å²) in [5.41, 5.74) is 0.801. The van der Waals surface area contributed by atoms with Gasteiger partial charge < -0.3 is 10.2 Å². The van der Waals surface area contributed by atoms with E-state index in [0.717, 1.165) is 24.3 Å². The van der Waals surface area contributed by atoms with E-state index in [9.17, 15) is 10.2 Å². The Morgan fingerprint density at radius 1 is 0.750 bits per heavy atom. The molecule has 0 heterocycles. The van der Waals surface area contributed by atoms with Crippen molar-refractivity contribution in [3.8, 4) is 0 Å². The Hall–Kier alpha value is 0.620. The molecule has 0 aliphatic heterocycles. The highest BCUT2D eigenvalue weighted by Gasteiger charge is 2.65. The standard InChI is InChI=1S/C20H34O2S2/c1-17(2)13-5-7-19(17,15(21)9-13)11-23-24-12-20-8-6-14(10-16(20)22)18(20,3)4/h13-16,21-22H,5-12H2,1-4H3/t13-,14-,15-,16-,19-,20-/m1/s1. The lowest BCUT2D eigenvalue weighted by molar-refractivity contribution is 0.0162. The van der Waals surface area contributed by atoms with E-state index in [2.05, 4.69) is 27.7 Å². The molecule has 2 nitrogen and oxygen atoms in total. The van der Waals surface area contributed by atoms with Gasteiger partial charge in [-0.3, -0.25) is 0 Å². The smallest absolute Gasteiger partial charge is 0.0612 e. The molecule has 138 valence electrons. The Morgan fingerprint density at radius 2 is 1.12 bits per heavy atom. The molecule has 0 spiro atoms. The van der Waals surface area contributed by atoms with Gasteiger partial charge in [-0.25, -0.2) is 0 Å². The Labute approximate surface area is 155 Å². The Balaban J connectivity index is 1.39. The molecule has 4 aliphatic rings. The summed E-state index contributed by atoms with van der Waals surface area (Å²) in [6, 6.07) is 0. The first-order valence-corrected chi connectivity index (χ1v) is 12.3. The number of fused-ring (bicyclic) bond motifs is 4. The van der Waals surface area contributed by atoms with Crippen molar-refractivity contribution in [2.24, 2.45) is 33.5 Å². The van der Waals surface area contributed by atoms with Gasteiger partial charge in [0, 0.05) is 22.3 Å². The zero-order chi connectivity index (χ0) is 17.4. The third kappa shape index (κ3) is 2.06. The van der Waals surface area contributed by atoms with Crippen LogP contribution in [0.15, 0.2) is 0 Å². The quantitative estimate of drug-likeness (QED) is 0.541. The van der Waals surface area contributed by atoms with Crippen LogP contribution in [0.25, 0.3) is 0 Å². The van der Waals surface area contributed by atoms with E-state index < -0.39 is 0 Å². The van der Waals surface area contributed by atoms with Gasteiger partial charge in [0.1, 0.15) is 0 Å². The second-order valence-electron chi connectivity index (χ2n) is 10.3. The molecule has 0 amide bonds. The molecule has 4 rings (SSSR count). The second-order valence-corrected chi connectivity index (χ2v) is 12.7. The minimum Gasteiger partial charge on any atom is -0.392 e. The lowest BCUT2D eigenvalue weighted by atomic mass is 9.70. The van der Waals surface area contributed by atoms with Crippen molar-refractivity contribution in [2.75, 3.05) is 11.5 Å². The van der Waals surface area contributed by atoms with Gasteiger partial charge in [-0.1, -0.05) is 49.3 Å². The predicted octanol–water partition coefficient (Wildman–Crippen LogP) is 4.74. The van der Waals surface area contributed by atoms with Crippen LogP contribution < -0.4 is 0 Å². The number of rotatable bonds is 5. The van der Waals surface area contributed by atoms with E-state index in [-0.39, 0.29) is 33.9 Å². The maximum atomic E-state index is 10.7. The average Bonchev–Trinajstić information content (AvgIpc) is 3.04. The molecule has 0 unspecified atom stereocenters. The van der Waals surface area contributed by atoms with Crippen molar-refractivity contribution >= 4 is 21.6 Å². The van der Waals surface area contributed by atoms with Crippen molar-refractivity contribution in [2.45, 2.75) is 78.4 Å². The zero-order valence-corrected chi connectivity index (χ0v) is 17.3. The first-order valence-electron chi connectivity index (χ1n) is 9.78. The Bertz CT molecular complexity index is 474. The van der Waals surface area contributed by atoms with Crippen molar-refractivity contribution < 1.29 is 10.2 Å². The monoisotopic (exact) mass is 370 g/mol. The molecule has 6 atom stereocenters. The van der Waals surface area contributed by atoms with Crippen molar-refractivity contribution in [3.05, 3.63) is 0 Å². The van der Waals surface area contributed by atoms with Crippen LogP contribution in [-0.4, -0.2) is 33.9 Å². The van der Waals surface area contributed by atoms with Gasteiger partial charge in [-0.15, -0.1) is 0 Å². The predicted molar refractivity (Wildman–Crippen MR) is 104 cm³/mol. The van der Waals surface area contributed by atoms with Gasteiger partial charge in [0.15, 0.2) is 0 Å². The third-order valence-corrected chi connectivity index (χ3v) is 12.1. The third-order valence-electron chi connectivity index (χ3n) is 9.49. The zero-order valence-electron chi connectivity index (χ0n) is 15.7. The Morgan fingerprint density at radius 3 is 1.38 bits per heavy atom. The largest absolute Gasteiger partial charge is 0.392 e. The van der Waals surface area contributed by atoms with Crippen molar-refractivity contribution in [1.82, 2.24) is 0 Å². The highest BCUT2D eigenvalue weighted by Crippen LogP contribution is 2.69. The summed E-state index contributed by atoms with van der Waals surface area (Å²) in [7, 11) is 3.95. The number of aliphatic hydroxyl groups is 2. The average molecular weight is 371 g/mol. The molecular formula is C20H34O2S2. The van der Waals surface area contributed by atoms with Gasteiger partial charge in [0.25, 0.3) is 0 Å². The van der Waals surface area contributed by atoms with Crippen LogP contribution in [0.2, 0.25) is 0 Å². The highest BCUT2D eigenvalue weighted by atomic mass is 33.1. The normalized spacial score (nSPS) is 50.8. The number of aliphatic hydroxyl groups excluding tert-OH is 2. The minimum atomic E-state index is -0.109. The van der Waals surface area contributed by atoms with Crippen LogP contribution in [0.1, 0.15) is 66.2 Å². The summed E-state index contributed by atoms with van der Waals surface area (Å²) < 4.78 is 0. The van der Waals surface area contributed by atoms with Crippen LogP contribution in [0.4, 0.5) is 0 Å². The van der Waals surface area contributed by atoms with Gasteiger partial charge >= 0.3 is 0 Å². The fraction of sp³-hybridized carbons (Fsp3) is 1.00. The van der Waals surface area contributed by atoms with Crippen LogP contribution in [-0.2, 0) is 0 Å². The highest BCUT2D eigenvalue weighted by molar-refractivity contribution is 8.76. The van der Waals surface area contributed by atoms with Crippen LogP contribution in [0.3, 0.4) is 0 Å². The maximum absolute atomic E-state index is 10.7. The summed E-state index contributed by atoms with van der Waals surface area (Å²) in [5, 5.41) is 21.4. The summed E-state index contributed by atoms with van der Waals surface area (Å²) in [5.74, 6) is 3.56. The molecule has 0 radical (unpaired) electrons. The summed E-state index contributed by atoms with van der Waals surface area (Å²) in [4.78, 5) is 0. The van der Waals surface area contributed by atoms with E-state index in [1.165, 1.54) is 25.7 Å². The lowest BCUT2D eigenvalue weighted by Gasteiger charge is -2.42. The molecule has 0 saturated heterocycles. The molecule has 4 aliphatic carbocycles. The molecule has 24 heavy (non-hydrogen) atoms. The van der Waals surface area contributed by atoms with Gasteiger partial charge in [-0.2, -0.15) is 0 Å². The van der Waals surface area contributed by atoms with Crippen molar-refractivity contribution in [1.29, 1.82) is 0 Å². The summed E-state index contributed by atoms with van der Waals surface area (Å²) >= 11 is 0. The van der Waals surface area contributed by atoms with E-state index in [4.69, 9.17) is 0 Å². The molecular weight excluding hydrogens is 336 g/mol. The SMILES string of the molecule is CC1(C)[C@@H]2CC[C@@]1(CSSC[C@]13CC[C@H](C[C@H]1O)C3(C)C)[C@H](O)C2. The van der Waals surface area contributed by atoms with Crippen molar-refractivity contribution in [3.63, 3.8) is 0 Å². The molecule has 0 aromatic heterocycles.